The Kier molecular flexibility index (Phi) is 5.15. The third-order valence-electron chi connectivity index (χ3n) is 3.54. The van der Waals surface area contributed by atoms with Crippen molar-refractivity contribution in [3.8, 4) is 0 Å². The molecule has 0 amide bonds. The van der Waals surface area contributed by atoms with Gasteiger partial charge in [0, 0.05) is 32.3 Å². The van der Waals surface area contributed by atoms with Crippen molar-refractivity contribution in [2.24, 2.45) is 0 Å². The topological polar surface area (TPSA) is 109 Å². The second kappa shape index (κ2) is 6.69. The molecule has 0 aromatic carbocycles. The summed E-state index contributed by atoms with van der Waals surface area (Å²) in [6.07, 6.45) is 0.378. The lowest BCUT2D eigenvalue weighted by Gasteiger charge is -2.27. The molecule has 2 rings (SSSR count). The van der Waals surface area contributed by atoms with Gasteiger partial charge in [-0.15, -0.1) is 10.2 Å². The van der Waals surface area contributed by atoms with E-state index >= 15 is 0 Å². The molecule has 118 valence electrons. The first kappa shape index (κ1) is 16.2. The molecule has 1 fully saturated rings. The maximum absolute atomic E-state index is 9.71. The summed E-state index contributed by atoms with van der Waals surface area (Å²) < 4.78 is 4.91. The third kappa shape index (κ3) is 4.13. The fraction of sp³-hybridized carbons (Fsp3) is 0.750. The number of ether oxygens (including phenoxy) is 1. The SMILES string of the molecule is COCC(O)CNC1(C)CCN(c2nnc(Cl)c(N)n2)C1. The van der Waals surface area contributed by atoms with Gasteiger partial charge in [-0.1, -0.05) is 11.6 Å². The fourth-order valence-corrected chi connectivity index (χ4v) is 2.42. The van der Waals surface area contributed by atoms with Crippen molar-refractivity contribution in [3.63, 3.8) is 0 Å². The van der Waals surface area contributed by atoms with Crippen LogP contribution in [-0.4, -0.2) is 65.3 Å². The van der Waals surface area contributed by atoms with E-state index in [0.29, 0.717) is 25.6 Å². The van der Waals surface area contributed by atoms with Crippen LogP contribution in [0.25, 0.3) is 0 Å². The summed E-state index contributed by atoms with van der Waals surface area (Å²) in [6, 6.07) is 0. The van der Waals surface area contributed by atoms with E-state index in [1.165, 1.54) is 0 Å². The number of anilines is 2. The van der Waals surface area contributed by atoms with E-state index in [9.17, 15) is 5.11 Å². The van der Waals surface area contributed by atoms with E-state index in [1.807, 2.05) is 4.90 Å². The van der Waals surface area contributed by atoms with Crippen LogP contribution < -0.4 is 16.0 Å². The number of hydrogen-bond donors (Lipinski definition) is 3. The molecule has 1 aliphatic heterocycles. The summed E-state index contributed by atoms with van der Waals surface area (Å²) in [6.45, 7) is 4.37. The summed E-state index contributed by atoms with van der Waals surface area (Å²) in [5.74, 6) is 0.651. The number of nitrogens with two attached hydrogens (primary N) is 1. The van der Waals surface area contributed by atoms with E-state index in [4.69, 9.17) is 22.1 Å². The smallest absolute Gasteiger partial charge is 0.247 e. The minimum Gasteiger partial charge on any atom is -0.389 e. The number of β-amino-alcohol motifs (C(OH)–C–C–N with tert-alkyl or cyclic N) is 1. The fourth-order valence-electron chi connectivity index (χ4n) is 2.34. The van der Waals surface area contributed by atoms with Crippen LogP contribution in [0.4, 0.5) is 11.8 Å². The lowest BCUT2D eigenvalue weighted by atomic mass is 10.0. The van der Waals surface area contributed by atoms with Gasteiger partial charge in [0.25, 0.3) is 0 Å². The van der Waals surface area contributed by atoms with E-state index in [1.54, 1.807) is 7.11 Å². The highest BCUT2D eigenvalue weighted by atomic mass is 35.5. The zero-order chi connectivity index (χ0) is 15.5. The molecule has 0 spiro atoms. The highest BCUT2D eigenvalue weighted by Crippen LogP contribution is 2.25. The molecule has 2 unspecified atom stereocenters. The van der Waals surface area contributed by atoms with E-state index in [-0.39, 0.29) is 16.5 Å². The molecule has 21 heavy (non-hydrogen) atoms. The highest BCUT2D eigenvalue weighted by Gasteiger charge is 2.35. The molecule has 0 bridgehead atoms. The van der Waals surface area contributed by atoms with E-state index in [0.717, 1.165) is 13.0 Å². The number of nitrogen functional groups attached to an aromatic ring is 1. The molecule has 1 aromatic rings. The summed E-state index contributed by atoms with van der Waals surface area (Å²) in [4.78, 5) is 6.14. The third-order valence-corrected chi connectivity index (χ3v) is 3.81. The molecule has 0 aliphatic carbocycles. The molecule has 0 saturated carbocycles. The Morgan fingerprint density at radius 1 is 1.57 bits per heavy atom. The van der Waals surface area contributed by atoms with Gasteiger partial charge in [0.1, 0.15) is 0 Å². The van der Waals surface area contributed by atoms with E-state index in [2.05, 4.69) is 27.4 Å². The number of rotatable bonds is 6. The average Bonchev–Trinajstić information content (AvgIpc) is 2.83. The van der Waals surface area contributed by atoms with E-state index < -0.39 is 6.10 Å². The Morgan fingerprint density at radius 2 is 2.33 bits per heavy atom. The maximum Gasteiger partial charge on any atom is 0.247 e. The largest absolute Gasteiger partial charge is 0.389 e. The lowest BCUT2D eigenvalue weighted by Crippen LogP contribution is -2.48. The second-order valence-electron chi connectivity index (χ2n) is 5.51. The van der Waals surface area contributed by atoms with Crippen LogP contribution in [0.3, 0.4) is 0 Å². The van der Waals surface area contributed by atoms with Gasteiger partial charge in [-0.3, -0.25) is 0 Å². The second-order valence-corrected chi connectivity index (χ2v) is 5.87. The van der Waals surface area contributed by atoms with Gasteiger partial charge in [0.05, 0.1) is 12.7 Å². The first-order chi connectivity index (χ1) is 9.93. The van der Waals surface area contributed by atoms with Crippen molar-refractivity contribution in [1.29, 1.82) is 0 Å². The predicted octanol–water partition coefficient (Wildman–Crippen LogP) is -0.327. The standard InChI is InChI=1S/C12H21ClN6O2/c1-12(15-5-8(20)6-21-2)3-4-19(7-12)11-16-10(14)9(13)17-18-11/h8,15,20H,3-7H2,1-2H3,(H2,14,16,18). The summed E-state index contributed by atoms with van der Waals surface area (Å²) >= 11 is 5.73. The quantitative estimate of drug-likeness (QED) is 0.654. The Bertz CT molecular complexity index is 491. The molecule has 2 atom stereocenters. The van der Waals surface area contributed by atoms with Gasteiger partial charge >= 0.3 is 0 Å². The van der Waals surface area contributed by atoms with Crippen molar-refractivity contribution >= 4 is 23.4 Å². The Balaban J connectivity index is 1.94. The summed E-state index contributed by atoms with van der Waals surface area (Å²) in [5, 5.41) is 20.9. The van der Waals surface area contributed by atoms with Crippen molar-refractivity contribution in [2.75, 3.05) is 44.0 Å². The molecule has 1 aromatic heterocycles. The molecular formula is C12H21ClN6O2. The number of nitrogens with zero attached hydrogens (tertiary/aromatic N) is 4. The van der Waals surface area contributed by atoms with Gasteiger partial charge in [0.2, 0.25) is 5.95 Å². The zero-order valence-corrected chi connectivity index (χ0v) is 13.0. The minimum atomic E-state index is -0.523. The Morgan fingerprint density at radius 3 is 3.00 bits per heavy atom. The van der Waals surface area contributed by atoms with Crippen LogP contribution in [0.2, 0.25) is 5.15 Å². The number of aliphatic hydroxyl groups is 1. The maximum atomic E-state index is 9.71. The zero-order valence-electron chi connectivity index (χ0n) is 12.2. The van der Waals surface area contributed by atoms with Crippen molar-refractivity contribution < 1.29 is 9.84 Å². The minimum absolute atomic E-state index is 0.113. The lowest BCUT2D eigenvalue weighted by molar-refractivity contribution is 0.0599. The monoisotopic (exact) mass is 316 g/mol. The number of aromatic nitrogens is 3. The molecule has 0 radical (unpaired) electrons. The molecule has 8 nitrogen and oxygen atoms in total. The van der Waals surface area contributed by atoms with Crippen molar-refractivity contribution in [3.05, 3.63) is 5.15 Å². The first-order valence-corrected chi connectivity index (χ1v) is 7.14. The number of methoxy groups -OCH3 is 1. The number of nitrogens with one attached hydrogen (secondary N) is 1. The number of aliphatic hydroxyl groups excluding tert-OH is 1. The van der Waals surface area contributed by atoms with Gasteiger partial charge < -0.3 is 25.8 Å². The van der Waals surface area contributed by atoms with Gasteiger partial charge in [-0.2, -0.15) is 4.98 Å². The molecule has 4 N–H and O–H groups in total. The van der Waals surface area contributed by atoms with Gasteiger partial charge in [-0.25, -0.2) is 0 Å². The van der Waals surface area contributed by atoms with Gasteiger partial charge in [-0.05, 0) is 13.3 Å². The normalized spacial score (nSPS) is 23.5. The average molecular weight is 317 g/mol. The van der Waals surface area contributed by atoms with Crippen LogP contribution in [-0.2, 0) is 4.74 Å². The molecule has 1 aliphatic rings. The van der Waals surface area contributed by atoms with Crippen LogP contribution in [0.15, 0.2) is 0 Å². The molecule has 1 saturated heterocycles. The molecule has 2 heterocycles. The highest BCUT2D eigenvalue weighted by molar-refractivity contribution is 6.31. The number of hydrogen-bond acceptors (Lipinski definition) is 8. The Hall–Kier alpha value is -1.22. The van der Waals surface area contributed by atoms with Crippen molar-refractivity contribution in [1.82, 2.24) is 20.5 Å². The molecular weight excluding hydrogens is 296 g/mol. The first-order valence-electron chi connectivity index (χ1n) is 6.76. The van der Waals surface area contributed by atoms with Crippen LogP contribution in [0, 0.1) is 0 Å². The van der Waals surface area contributed by atoms with Crippen LogP contribution in [0.5, 0.6) is 0 Å². The van der Waals surface area contributed by atoms with Crippen LogP contribution in [0.1, 0.15) is 13.3 Å². The number of halogens is 1. The van der Waals surface area contributed by atoms with Crippen molar-refractivity contribution in [2.45, 2.75) is 25.0 Å². The summed E-state index contributed by atoms with van der Waals surface area (Å²) in [7, 11) is 1.57. The van der Waals surface area contributed by atoms with Gasteiger partial charge in [0.15, 0.2) is 11.0 Å². The Labute approximate surface area is 128 Å². The summed E-state index contributed by atoms with van der Waals surface area (Å²) in [5.41, 5.74) is 5.52. The predicted molar refractivity (Wildman–Crippen MR) is 80.4 cm³/mol. The van der Waals surface area contributed by atoms with Crippen LogP contribution >= 0.6 is 11.6 Å². The molecule has 9 heteroatoms.